The molecule has 15 aromatic carbocycles. The minimum atomic E-state index is -0.230. The van der Waals surface area contributed by atoms with E-state index in [1.165, 1.54) is 116 Å². The van der Waals surface area contributed by atoms with Crippen LogP contribution >= 0.6 is 0 Å². The Bertz CT molecular complexity index is 5490. The van der Waals surface area contributed by atoms with Gasteiger partial charge in [0.25, 0.3) is 6.71 Å². The Morgan fingerprint density at radius 2 is 0.520 bits per heavy atom. The summed E-state index contributed by atoms with van der Waals surface area (Å²) < 4.78 is 2.57. The first-order valence-electron chi connectivity index (χ1n) is 35.8. The molecule has 0 radical (unpaired) electrons. The highest BCUT2D eigenvalue weighted by Gasteiger charge is 2.45. The Morgan fingerprint density at radius 1 is 0.225 bits per heavy atom. The number of aromatic nitrogens is 1. The van der Waals surface area contributed by atoms with Gasteiger partial charge in [-0.1, -0.05) is 333 Å². The van der Waals surface area contributed by atoms with Crippen molar-refractivity contribution in [1.82, 2.24) is 4.57 Å². The number of hydrogen-bond acceptors (Lipinski definition) is 2. The minimum Gasteiger partial charge on any atom is -0.311 e. The Hall–Kier alpha value is -12.2. The smallest absolute Gasteiger partial charge is 0.252 e. The summed E-state index contributed by atoms with van der Waals surface area (Å²) >= 11 is 0. The zero-order chi connectivity index (χ0) is 68.8. The van der Waals surface area contributed by atoms with Crippen LogP contribution in [0.1, 0.15) is 52.7 Å². The number of benzene rings is 15. The predicted molar refractivity (Wildman–Crippen MR) is 436 cm³/mol. The summed E-state index contributed by atoms with van der Waals surface area (Å²) in [6.45, 7) is 13.6. The molecule has 0 fully saturated rings. The van der Waals surface area contributed by atoms with E-state index >= 15 is 0 Å². The van der Waals surface area contributed by atoms with Crippen LogP contribution in [0.25, 0.3) is 117 Å². The van der Waals surface area contributed by atoms with Crippen molar-refractivity contribution in [3.8, 4) is 94.7 Å². The van der Waals surface area contributed by atoms with Crippen LogP contribution < -0.4 is 26.2 Å². The molecule has 0 saturated carbocycles. The molecule has 0 N–H and O–H groups in total. The second-order valence-electron chi connectivity index (χ2n) is 29.7. The number of anilines is 6. The predicted octanol–water partition coefficient (Wildman–Crippen LogP) is 24.8. The van der Waals surface area contributed by atoms with Crippen molar-refractivity contribution < 1.29 is 0 Å². The molecule has 0 saturated heterocycles. The summed E-state index contributed by atoms with van der Waals surface area (Å²) in [7, 11) is 0. The molecule has 18 rings (SSSR count). The van der Waals surface area contributed by atoms with Gasteiger partial charge in [0.1, 0.15) is 0 Å². The lowest BCUT2D eigenvalue weighted by molar-refractivity contribution is 0.590. The van der Waals surface area contributed by atoms with Crippen molar-refractivity contribution in [3.05, 3.63) is 363 Å². The molecule has 102 heavy (non-hydrogen) atoms. The first-order valence-corrected chi connectivity index (χ1v) is 35.8. The molecule has 0 unspecified atom stereocenters. The van der Waals surface area contributed by atoms with Gasteiger partial charge < -0.3 is 14.4 Å². The largest absolute Gasteiger partial charge is 0.311 e. The number of rotatable bonds is 11. The van der Waals surface area contributed by atoms with Gasteiger partial charge in [-0.25, -0.2) is 0 Å². The molecule has 4 heteroatoms. The summed E-state index contributed by atoms with van der Waals surface area (Å²) in [5.74, 6) is 0. The molecular weight excluding hydrogens is 1230 g/mol. The maximum atomic E-state index is 2.60. The van der Waals surface area contributed by atoms with Gasteiger partial charge in [0.15, 0.2) is 0 Å². The zero-order valence-electron chi connectivity index (χ0n) is 58.4. The first-order chi connectivity index (χ1) is 49.8. The molecular formula is C98H76BN3. The van der Waals surface area contributed by atoms with Crippen LogP contribution in [0.2, 0.25) is 0 Å². The fourth-order valence-corrected chi connectivity index (χ4v) is 16.1. The minimum absolute atomic E-state index is 0.0604. The van der Waals surface area contributed by atoms with Gasteiger partial charge in [-0.2, -0.15) is 0 Å². The fraction of sp³-hybridized carbons (Fsp3) is 0.0816. The average Bonchev–Trinajstić information content (AvgIpc) is 0.841. The summed E-state index contributed by atoms with van der Waals surface area (Å²) in [5.41, 5.74) is 35.2. The maximum Gasteiger partial charge on any atom is 0.252 e. The lowest BCUT2D eigenvalue weighted by Crippen LogP contribution is -2.61. The Labute approximate surface area is 599 Å². The van der Waals surface area contributed by atoms with E-state index < -0.39 is 0 Å². The highest BCUT2D eigenvalue weighted by atomic mass is 15.2. The standard InChI is InChI=1S/C98H76BN3/c1-97(2,3)77-47-51-79(52-48-77)100-90-57-45-75(84-33-21-19-31-82(84)71-39-35-69(36-40-71)65-23-11-7-12-24-65)59-88(90)99-89-60-76(85-34-22-20-32-83(85)72-41-37-70(38-42-72)66-25-13-8-14-26-66)46-58-91(89)101(80-53-49-78(50-54-80)98(4,5)6)95-64-81(63-94(100)96(95)99)102-92-61-73(67-27-15-9-16-28-67)43-55-86(92)87-56-44-74(62-93(87)102)68-29-17-10-18-30-68/h7-64H,1-6H3. The molecule has 3 nitrogen and oxygen atoms in total. The summed E-state index contributed by atoms with van der Waals surface area (Å²) in [6, 6.07) is 132. The monoisotopic (exact) mass is 1310 g/mol. The second kappa shape index (κ2) is 24.9. The van der Waals surface area contributed by atoms with Gasteiger partial charge in [-0.05, 0) is 188 Å². The fourth-order valence-electron chi connectivity index (χ4n) is 16.1. The van der Waals surface area contributed by atoms with Crippen molar-refractivity contribution in [2.45, 2.75) is 52.4 Å². The van der Waals surface area contributed by atoms with Crippen molar-refractivity contribution in [1.29, 1.82) is 0 Å². The highest BCUT2D eigenvalue weighted by molar-refractivity contribution is 7.00. The summed E-state index contributed by atoms with van der Waals surface area (Å²) in [4.78, 5) is 5.20. The molecule has 0 atom stereocenters. The topological polar surface area (TPSA) is 11.4 Å². The van der Waals surface area contributed by atoms with E-state index in [9.17, 15) is 0 Å². The van der Waals surface area contributed by atoms with Crippen LogP contribution in [-0.2, 0) is 10.8 Å². The summed E-state index contributed by atoms with van der Waals surface area (Å²) in [5, 5.41) is 2.40. The van der Waals surface area contributed by atoms with Gasteiger partial charge in [0.05, 0.1) is 16.7 Å². The van der Waals surface area contributed by atoms with Crippen LogP contribution in [0.15, 0.2) is 352 Å². The van der Waals surface area contributed by atoms with Crippen LogP contribution in [0.3, 0.4) is 0 Å². The molecule has 0 bridgehead atoms. The average molecular weight is 1310 g/mol. The number of fused-ring (bicyclic) bond motifs is 7. The van der Waals surface area contributed by atoms with Crippen LogP contribution in [0, 0.1) is 0 Å². The maximum absolute atomic E-state index is 2.60. The second-order valence-corrected chi connectivity index (χ2v) is 29.7. The van der Waals surface area contributed by atoms with Crippen molar-refractivity contribution >= 4 is 79.0 Å². The molecule has 0 spiro atoms. The van der Waals surface area contributed by atoms with Gasteiger partial charge >= 0.3 is 0 Å². The van der Waals surface area contributed by atoms with Gasteiger partial charge in [-0.3, -0.25) is 0 Å². The third-order valence-electron chi connectivity index (χ3n) is 21.4. The SMILES string of the molecule is CC(C)(C)c1ccc(N2c3ccc(-c4ccccc4-c4ccc(-c5ccccc5)cc4)cc3B3c4cc(-c5ccccc5-c5ccc(-c6ccccc6)cc5)ccc4N(c4ccc(C(C)(C)C)cc4)c4cc(-n5c6cc(-c7ccccc7)ccc6c6ccc(-c7ccccc7)cc65)cc2c43)cc1. The Morgan fingerprint density at radius 3 is 0.873 bits per heavy atom. The van der Waals surface area contributed by atoms with Crippen molar-refractivity contribution in [2.75, 3.05) is 9.80 Å². The Balaban J connectivity index is 0.928. The van der Waals surface area contributed by atoms with E-state index in [1.54, 1.807) is 0 Å². The van der Waals surface area contributed by atoms with Crippen molar-refractivity contribution in [3.63, 3.8) is 0 Å². The molecule has 0 amide bonds. The lowest BCUT2D eigenvalue weighted by Gasteiger charge is -2.45. The number of hydrogen-bond donors (Lipinski definition) is 0. The molecule has 16 aromatic rings. The van der Waals surface area contributed by atoms with Crippen LogP contribution in [-0.4, -0.2) is 11.3 Å². The molecule has 2 aliphatic heterocycles. The summed E-state index contributed by atoms with van der Waals surface area (Å²) in [6.07, 6.45) is 0. The third-order valence-corrected chi connectivity index (χ3v) is 21.4. The van der Waals surface area contributed by atoms with Crippen molar-refractivity contribution in [2.24, 2.45) is 0 Å². The van der Waals surface area contributed by atoms with E-state index in [4.69, 9.17) is 0 Å². The zero-order valence-corrected chi connectivity index (χ0v) is 58.4. The van der Waals surface area contributed by atoms with E-state index in [2.05, 4.69) is 408 Å². The molecule has 0 aliphatic carbocycles. The lowest BCUT2D eigenvalue weighted by atomic mass is 9.33. The van der Waals surface area contributed by atoms with Gasteiger partial charge in [0.2, 0.25) is 0 Å². The van der Waals surface area contributed by atoms with E-state index in [1.807, 2.05) is 0 Å². The molecule has 486 valence electrons. The van der Waals surface area contributed by atoms with Crippen LogP contribution in [0.5, 0.6) is 0 Å². The first kappa shape index (κ1) is 62.0. The van der Waals surface area contributed by atoms with Gasteiger partial charge in [-0.15, -0.1) is 0 Å². The van der Waals surface area contributed by atoms with E-state index in [0.29, 0.717) is 0 Å². The molecule has 1 aromatic heterocycles. The van der Waals surface area contributed by atoms with E-state index in [0.717, 1.165) is 62.0 Å². The van der Waals surface area contributed by atoms with Crippen LogP contribution in [0.4, 0.5) is 34.1 Å². The van der Waals surface area contributed by atoms with E-state index in [-0.39, 0.29) is 17.5 Å². The quantitative estimate of drug-likeness (QED) is 0.120. The molecule has 2 aliphatic rings. The molecule has 3 heterocycles. The normalized spacial score (nSPS) is 12.5. The Kier molecular flexibility index (Phi) is 15.1. The third kappa shape index (κ3) is 10.9. The van der Waals surface area contributed by atoms with Gasteiger partial charge in [0, 0.05) is 44.9 Å². The highest BCUT2D eigenvalue weighted by Crippen LogP contribution is 2.49. The number of nitrogens with zero attached hydrogens (tertiary/aromatic N) is 3.